The molecule has 2 atom stereocenters. The number of fused-ring (bicyclic) bond motifs is 10. The molecule has 0 radical (unpaired) electrons. The van der Waals surface area contributed by atoms with E-state index in [4.69, 9.17) is 0 Å². The third-order valence-corrected chi connectivity index (χ3v) is 24.1. The Morgan fingerprint density at radius 1 is 0.290 bits per heavy atom. The minimum atomic E-state index is -0.212. The first-order valence-corrected chi connectivity index (χ1v) is 39.2. The quantitative estimate of drug-likeness (QED) is 0.134. The van der Waals surface area contributed by atoms with Crippen LogP contribution < -0.4 is 26.2 Å². The molecule has 0 N–H and O–H groups in total. The second kappa shape index (κ2) is 25.4. The van der Waals surface area contributed by atoms with Gasteiger partial charge >= 0.3 is 0 Å². The van der Waals surface area contributed by atoms with Crippen LogP contribution in [-0.4, -0.2) is 15.8 Å². The summed E-state index contributed by atoms with van der Waals surface area (Å²) in [5.74, 6) is 1.42. The SMILES string of the molecule is CC1CC(C)CC(c2cc3c4c(c2)N(c2c(-c5ccccc5)cccc2-c2ccccc2)c2cc(-n5c6ccc(C(C)(C)C)cc6c6cc(C(C)(C)C)ccc65)ccc2B4c2ccc(-n4c5ccc(C(C)(C)C)cc5c5cc(C(C)(C)C)ccc54)cc2N3c2c(-c3ccccc3)cccc2-c2ccccc2)C1. The lowest BCUT2D eigenvalue weighted by atomic mass is 9.33. The Kier molecular flexibility index (Phi) is 16.1. The molecule has 4 nitrogen and oxygen atoms in total. The Hall–Kier alpha value is -10.9. The summed E-state index contributed by atoms with van der Waals surface area (Å²) >= 11 is 0. The number of anilines is 6. The van der Waals surface area contributed by atoms with E-state index in [0.29, 0.717) is 17.8 Å². The number of rotatable bonds is 9. The zero-order valence-corrected chi connectivity index (χ0v) is 64.8. The molecule has 0 spiro atoms. The number of nitrogens with zero attached hydrogens (tertiary/aromatic N) is 4. The third-order valence-electron chi connectivity index (χ3n) is 24.1. The van der Waals surface area contributed by atoms with Crippen LogP contribution in [0.2, 0.25) is 0 Å². The molecule has 13 aromatic carbocycles. The molecular formula is C102H97BN4. The molecule has 107 heavy (non-hydrogen) atoms. The van der Waals surface area contributed by atoms with E-state index in [1.54, 1.807) is 0 Å². The fraction of sp³-hybridized carbons (Fsp3) is 0.235. The molecule has 2 aliphatic heterocycles. The third kappa shape index (κ3) is 11.6. The highest BCUT2D eigenvalue weighted by molar-refractivity contribution is 7.00. The summed E-state index contributed by atoms with van der Waals surface area (Å²) in [6, 6.07) is 109. The first-order chi connectivity index (χ1) is 51.4. The van der Waals surface area contributed by atoms with Crippen molar-refractivity contribution >= 4 is 101 Å². The van der Waals surface area contributed by atoms with E-state index >= 15 is 0 Å². The van der Waals surface area contributed by atoms with E-state index in [1.165, 1.54) is 161 Å². The van der Waals surface area contributed by atoms with Crippen molar-refractivity contribution in [3.63, 3.8) is 0 Å². The van der Waals surface area contributed by atoms with Gasteiger partial charge < -0.3 is 18.9 Å². The summed E-state index contributed by atoms with van der Waals surface area (Å²) in [5.41, 5.74) is 33.9. The van der Waals surface area contributed by atoms with Gasteiger partial charge in [-0.25, -0.2) is 0 Å². The van der Waals surface area contributed by atoms with Gasteiger partial charge in [0.2, 0.25) is 0 Å². The summed E-state index contributed by atoms with van der Waals surface area (Å²) in [6.45, 7) is 32.9. The maximum absolute atomic E-state index is 2.77. The van der Waals surface area contributed by atoms with Crippen molar-refractivity contribution in [2.45, 2.75) is 144 Å². The highest BCUT2D eigenvalue weighted by atomic mass is 15.2. The van der Waals surface area contributed by atoms with Gasteiger partial charge in [-0.1, -0.05) is 291 Å². The average Bonchev–Trinajstić information content (AvgIpc) is 1.12. The smallest absolute Gasteiger partial charge is 0.252 e. The van der Waals surface area contributed by atoms with Crippen molar-refractivity contribution in [1.82, 2.24) is 9.13 Å². The minimum absolute atomic E-state index is 0.0485. The first kappa shape index (κ1) is 68.0. The Morgan fingerprint density at radius 2 is 0.589 bits per heavy atom. The minimum Gasteiger partial charge on any atom is -0.310 e. The van der Waals surface area contributed by atoms with Crippen molar-refractivity contribution in [2.24, 2.45) is 11.8 Å². The molecule has 1 saturated carbocycles. The van der Waals surface area contributed by atoms with Crippen molar-refractivity contribution in [1.29, 1.82) is 0 Å². The molecule has 5 heteroatoms. The van der Waals surface area contributed by atoms with Crippen molar-refractivity contribution < 1.29 is 0 Å². The van der Waals surface area contributed by atoms with Crippen molar-refractivity contribution in [3.05, 3.63) is 307 Å². The van der Waals surface area contributed by atoms with Crippen molar-refractivity contribution in [3.8, 4) is 55.9 Å². The lowest BCUT2D eigenvalue weighted by Crippen LogP contribution is -2.61. The van der Waals surface area contributed by atoms with E-state index in [0.717, 1.165) is 35.6 Å². The number of benzene rings is 13. The van der Waals surface area contributed by atoms with Crippen LogP contribution >= 0.6 is 0 Å². The summed E-state index contributed by atoms with van der Waals surface area (Å²) in [4.78, 5) is 5.55. The van der Waals surface area contributed by atoms with Gasteiger partial charge in [0.1, 0.15) is 0 Å². The maximum Gasteiger partial charge on any atom is 0.252 e. The molecule has 15 aromatic rings. The Balaban J connectivity index is 1.01. The number of para-hydroxylation sites is 2. The normalized spacial score (nSPS) is 16.1. The second-order valence-corrected chi connectivity index (χ2v) is 35.6. The van der Waals surface area contributed by atoms with Crippen LogP contribution in [0.4, 0.5) is 34.1 Å². The predicted octanol–water partition coefficient (Wildman–Crippen LogP) is 26.4. The molecule has 2 aromatic heterocycles. The van der Waals surface area contributed by atoms with Gasteiger partial charge in [-0.05, 0) is 210 Å². The van der Waals surface area contributed by atoms with Crippen LogP contribution in [-0.2, 0) is 21.7 Å². The van der Waals surface area contributed by atoms with E-state index < -0.39 is 0 Å². The topological polar surface area (TPSA) is 16.3 Å². The predicted molar refractivity (Wildman–Crippen MR) is 461 cm³/mol. The largest absolute Gasteiger partial charge is 0.310 e. The van der Waals surface area contributed by atoms with E-state index in [2.05, 4.69) is 395 Å². The summed E-state index contributed by atoms with van der Waals surface area (Å²) in [6.07, 6.45) is 3.46. The highest BCUT2D eigenvalue weighted by Crippen LogP contribution is 2.56. The summed E-state index contributed by atoms with van der Waals surface area (Å²) < 4.78 is 5.17. The van der Waals surface area contributed by atoms with Crippen LogP contribution in [0, 0.1) is 11.8 Å². The van der Waals surface area contributed by atoms with Gasteiger partial charge in [0.15, 0.2) is 0 Å². The van der Waals surface area contributed by atoms with Crippen LogP contribution in [0.3, 0.4) is 0 Å². The number of aromatic nitrogens is 2. The van der Waals surface area contributed by atoms with Gasteiger partial charge in [-0.2, -0.15) is 0 Å². The molecule has 0 bridgehead atoms. The van der Waals surface area contributed by atoms with Crippen LogP contribution in [0.1, 0.15) is 150 Å². The molecule has 0 saturated heterocycles. The van der Waals surface area contributed by atoms with Crippen LogP contribution in [0.25, 0.3) is 99.5 Å². The van der Waals surface area contributed by atoms with E-state index in [-0.39, 0.29) is 28.4 Å². The summed E-state index contributed by atoms with van der Waals surface area (Å²) in [5, 5.41) is 5.11. The average molecular weight is 1390 g/mol. The van der Waals surface area contributed by atoms with Gasteiger partial charge in [-0.15, -0.1) is 0 Å². The Bertz CT molecular complexity index is 5390. The molecule has 4 heterocycles. The molecule has 0 amide bonds. The second-order valence-electron chi connectivity index (χ2n) is 35.6. The standard InChI is InChI=1S/C102H97BN4/c1-64-53-65(2)55-70(54-64)71-56-94-96-95(57-71)107(98-80(68-33-23-17-24-34-68)39-28-40-81(98)69-35-25-18-26-36-69)93-63-77(105-90-51-43-74(101(9,10)11)60-84(90)85-61-75(102(12,13)14)44-52-91(85)105)46-48-87(93)103(96)86-47-45-76(104-88-49-41-72(99(3,4)5)58-82(88)83-59-73(100(6,7)8)42-50-89(83)104)62-92(86)106(94)97-78(66-29-19-15-20-30-66)37-27-38-79(97)67-31-21-16-22-32-67/h15-52,56-65,70H,53-55H2,1-14H3. The Morgan fingerprint density at radius 3 is 0.879 bits per heavy atom. The molecule has 528 valence electrons. The number of hydrogen-bond acceptors (Lipinski definition) is 2. The van der Waals surface area contributed by atoms with E-state index in [1.807, 2.05) is 0 Å². The lowest BCUT2D eigenvalue weighted by Gasteiger charge is -2.46. The number of hydrogen-bond donors (Lipinski definition) is 0. The monoisotopic (exact) mass is 1390 g/mol. The summed E-state index contributed by atoms with van der Waals surface area (Å²) in [7, 11) is 0. The zero-order valence-electron chi connectivity index (χ0n) is 64.8. The molecule has 18 rings (SSSR count). The van der Waals surface area contributed by atoms with E-state index in [9.17, 15) is 0 Å². The van der Waals surface area contributed by atoms with Gasteiger partial charge in [-0.3, -0.25) is 0 Å². The molecule has 1 fully saturated rings. The van der Waals surface area contributed by atoms with Crippen LogP contribution in [0.5, 0.6) is 0 Å². The molecule has 1 aliphatic carbocycles. The maximum atomic E-state index is 2.77. The molecular weight excluding hydrogens is 1290 g/mol. The molecule has 2 unspecified atom stereocenters. The first-order valence-electron chi connectivity index (χ1n) is 39.2. The van der Waals surface area contributed by atoms with Gasteiger partial charge in [0, 0.05) is 77.9 Å². The van der Waals surface area contributed by atoms with Gasteiger partial charge in [0.25, 0.3) is 6.71 Å². The fourth-order valence-corrected chi connectivity index (χ4v) is 18.6. The highest BCUT2D eigenvalue weighted by Gasteiger charge is 2.47. The molecule has 3 aliphatic rings. The zero-order chi connectivity index (χ0) is 73.7. The van der Waals surface area contributed by atoms with Crippen molar-refractivity contribution in [2.75, 3.05) is 9.80 Å². The lowest BCUT2D eigenvalue weighted by molar-refractivity contribution is 0.268. The van der Waals surface area contributed by atoms with Crippen LogP contribution in [0.15, 0.2) is 279 Å². The Labute approximate surface area is 634 Å². The van der Waals surface area contributed by atoms with Gasteiger partial charge in [0.05, 0.1) is 33.4 Å². The fourth-order valence-electron chi connectivity index (χ4n) is 18.6.